The third kappa shape index (κ3) is 3.47. The summed E-state index contributed by atoms with van der Waals surface area (Å²) in [5.41, 5.74) is 1.11. The van der Waals surface area contributed by atoms with Crippen LogP contribution in [0.5, 0.6) is 11.5 Å². The summed E-state index contributed by atoms with van der Waals surface area (Å²) in [5, 5.41) is 35.0. The van der Waals surface area contributed by atoms with E-state index in [0.29, 0.717) is 11.3 Å². The topological polar surface area (TPSA) is 99.2 Å². The molecule has 0 bridgehead atoms. The zero-order valence-corrected chi connectivity index (χ0v) is 11.2. The molecule has 2 N–H and O–H groups in total. The largest absolute Gasteiger partial charge is 0.508 e. The quantitative estimate of drug-likeness (QED) is 0.511. The second kappa shape index (κ2) is 5.91. The standard InChI is InChI=1S/C14H13N3O4/c1-16(11-3-5-12(6-4-11)17(20)21)15-9-10-2-7-13(18)8-14(10)19/h2-9,18-19H,1H3/b15-9+. The van der Waals surface area contributed by atoms with E-state index in [9.17, 15) is 20.3 Å². The van der Waals surface area contributed by atoms with E-state index in [4.69, 9.17) is 0 Å². The number of nitro benzene ring substituents is 1. The first-order valence-corrected chi connectivity index (χ1v) is 6.01. The number of hydrogen-bond acceptors (Lipinski definition) is 6. The Labute approximate surface area is 120 Å². The summed E-state index contributed by atoms with van der Waals surface area (Å²) in [6, 6.07) is 10.1. The van der Waals surface area contributed by atoms with Crippen LogP contribution in [0.4, 0.5) is 11.4 Å². The summed E-state index contributed by atoms with van der Waals surface area (Å²) in [4.78, 5) is 10.1. The van der Waals surface area contributed by atoms with Crippen LogP contribution in [0.1, 0.15) is 5.56 Å². The molecule has 0 aliphatic rings. The summed E-state index contributed by atoms with van der Waals surface area (Å²) < 4.78 is 0. The van der Waals surface area contributed by atoms with Crippen molar-refractivity contribution in [1.29, 1.82) is 0 Å². The number of phenols is 2. The van der Waals surface area contributed by atoms with Crippen molar-refractivity contribution < 1.29 is 15.1 Å². The highest BCUT2D eigenvalue weighted by Gasteiger charge is 2.06. The van der Waals surface area contributed by atoms with Gasteiger partial charge in [-0.2, -0.15) is 5.10 Å². The fourth-order valence-corrected chi connectivity index (χ4v) is 1.65. The van der Waals surface area contributed by atoms with Gasteiger partial charge in [0.25, 0.3) is 5.69 Å². The molecule has 0 heterocycles. The number of nitrogens with zero attached hydrogens (tertiary/aromatic N) is 3. The summed E-state index contributed by atoms with van der Waals surface area (Å²) in [6.07, 6.45) is 1.43. The lowest BCUT2D eigenvalue weighted by molar-refractivity contribution is -0.384. The lowest BCUT2D eigenvalue weighted by Gasteiger charge is -2.12. The first-order chi connectivity index (χ1) is 9.97. The molecule has 7 nitrogen and oxygen atoms in total. The van der Waals surface area contributed by atoms with E-state index in [1.807, 2.05) is 0 Å². The molecule has 2 aromatic carbocycles. The Balaban J connectivity index is 2.14. The monoisotopic (exact) mass is 287 g/mol. The maximum atomic E-state index is 10.6. The van der Waals surface area contributed by atoms with Gasteiger partial charge in [0.1, 0.15) is 11.5 Å². The first-order valence-electron chi connectivity index (χ1n) is 6.01. The average molecular weight is 287 g/mol. The maximum Gasteiger partial charge on any atom is 0.269 e. The lowest BCUT2D eigenvalue weighted by Crippen LogP contribution is -2.08. The van der Waals surface area contributed by atoms with Crippen LogP contribution in [-0.4, -0.2) is 28.4 Å². The highest BCUT2D eigenvalue weighted by molar-refractivity contribution is 5.84. The molecular weight excluding hydrogens is 274 g/mol. The molecule has 0 saturated carbocycles. The number of nitro groups is 1. The van der Waals surface area contributed by atoms with Gasteiger partial charge in [-0.25, -0.2) is 0 Å². The van der Waals surface area contributed by atoms with Crippen molar-refractivity contribution in [3.05, 3.63) is 58.1 Å². The second-order valence-corrected chi connectivity index (χ2v) is 4.28. The van der Waals surface area contributed by atoms with Crippen molar-refractivity contribution >= 4 is 17.6 Å². The van der Waals surface area contributed by atoms with Gasteiger partial charge in [0, 0.05) is 30.8 Å². The molecule has 7 heteroatoms. The molecule has 21 heavy (non-hydrogen) atoms. The number of hydrazone groups is 1. The number of hydrogen-bond donors (Lipinski definition) is 2. The Hall–Kier alpha value is -3.09. The Morgan fingerprint density at radius 1 is 1.19 bits per heavy atom. The van der Waals surface area contributed by atoms with Gasteiger partial charge in [-0.1, -0.05) is 0 Å². The summed E-state index contributed by atoms with van der Waals surface area (Å²) in [7, 11) is 1.68. The van der Waals surface area contributed by atoms with E-state index in [1.54, 1.807) is 19.2 Å². The van der Waals surface area contributed by atoms with Gasteiger partial charge in [0.15, 0.2) is 0 Å². The van der Waals surface area contributed by atoms with Crippen LogP contribution < -0.4 is 5.01 Å². The van der Waals surface area contributed by atoms with Gasteiger partial charge in [0.05, 0.1) is 16.8 Å². The molecule has 0 fully saturated rings. The predicted octanol–water partition coefficient (Wildman–Crippen LogP) is 2.48. The van der Waals surface area contributed by atoms with Crippen molar-refractivity contribution in [2.24, 2.45) is 5.10 Å². The highest BCUT2D eigenvalue weighted by Crippen LogP contribution is 2.22. The molecule has 0 unspecified atom stereocenters. The van der Waals surface area contributed by atoms with E-state index in [-0.39, 0.29) is 17.2 Å². The van der Waals surface area contributed by atoms with Crippen LogP contribution in [0.25, 0.3) is 0 Å². The first kappa shape index (κ1) is 14.3. The highest BCUT2D eigenvalue weighted by atomic mass is 16.6. The zero-order valence-electron chi connectivity index (χ0n) is 11.2. The number of aromatic hydroxyl groups is 2. The minimum Gasteiger partial charge on any atom is -0.508 e. The molecule has 0 radical (unpaired) electrons. The third-order valence-corrected chi connectivity index (χ3v) is 2.82. The fourth-order valence-electron chi connectivity index (χ4n) is 1.65. The van der Waals surface area contributed by atoms with Crippen LogP contribution >= 0.6 is 0 Å². The normalized spacial score (nSPS) is 10.7. The van der Waals surface area contributed by atoms with E-state index < -0.39 is 4.92 Å². The summed E-state index contributed by atoms with van der Waals surface area (Å²) in [5.74, 6) is -0.121. The molecule has 2 aromatic rings. The Morgan fingerprint density at radius 2 is 1.86 bits per heavy atom. The number of rotatable bonds is 4. The molecular formula is C14H13N3O4. The number of phenolic OH excluding ortho intramolecular Hbond substituents is 2. The molecule has 0 aromatic heterocycles. The second-order valence-electron chi connectivity index (χ2n) is 4.28. The van der Waals surface area contributed by atoms with Crippen molar-refractivity contribution in [2.75, 3.05) is 12.1 Å². The summed E-state index contributed by atoms with van der Waals surface area (Å²) in [6.45, 7) is 0. The maximum absolute atomic E-state index is 10.6. The fraction of sp³-hybridized carbons (Fsp3) is 0.0714. The predicted molar refractivity (Wildman–Crippen MR) is 78.9 cm³/mol. The molecule has 0 atom stereocenters. The van der Waals surface area contributed by atoms with Crippen molar-refractivity contribution in [3.8, 4) is 11.5 Å². The van der Waals surface area contributed by atoms with Gasteiger partial charge in [-0.3, -0.25) is 15.1 Å². The SMILES string of the molecule is CN(/N=C/c1ccc(O)cc1O)c1ccc([N+](=O)[O-])cc1. The minimum atomic E-state index is -0.471. The van der Waals surface area contributed by atoms with Crippen LogP contribution in [0.3, 0.4) is 0 Å². The van der Waals surface area contributed by atoms with Gasteiger partial charge in [-0.05, 0) is 24.3 Å². The zero-order chi connectivity index (χ0) is 15.4. The minimum absolute atomic E-state index is 0.00677. The van der Waals surface area contributed by atoms with Crippen molar-refractivity contribution in [1.82, 2.24) is 0 Å². The van der Waals surface area contributed by atoms with E-state index in [1.165, 1.54) is 41.6 Å². The Morgan fingerprint density at radius 3 is 2.43 bits per heavy atom. The van der Waals surface area contributed by atoms with Crippen molar-refractivity contribution in [3.63, 3.8) is 0 Å². The number of benzene rings is 2. The molecule has 0 saturated heterocycles. The van der Waals surface area contributed by atoms with Crippen LogP contribution in [0, 0.1) is 10.1 Å². The lowest BCUT2D eigenvalue weighted by atomic mass is 10.2. The molecule has 108 valence electrons. The molecule has 0 spiro atoms. The molecule has 0 aliphatic carbocycles. The smallest absolute Gasteiger partial charge is 0.269 e. The van der Waals surface area contributed by atoms with Crippen LogP contribution in [0.15, 0.2) is 47.6 Å². The van der Waals surface area contributed by atoms with E-state index in [0.717, 1.165) is 0 Å². The summed E-state index contributed by atoms with van der Waals surface area (Å²) >= 11 is 0. The van der Waals surface area contributed by atoms with E-state index >= 15 is 0 Å². The van der Waals surface area contributed by atoms with Crippen LogP contribution in [0.2, 0.25) is 0 Å². The van der Waals surface area contributed by atoms with Gasteiger partial charge in [0.2, 0.25) is 0 Å². The number of anilines is 1. The average Bonchev–Trinajstić information content (AvgIpc) is 2.46. The van der Waals surface area contributed by atoms with Gasteiger partial charge < -0.3 is 10.2 Å². The molecule has 0 aliphatic heterocycles. The van der Waals surface area contributed by atoms with Crippen LogP contribution in [-0.2, 0) is 0 Å². The Kier molecular flexibility index (Phi) is 4.03. The third-order valence-electron chi connectivity index (χ3n) is 2.82. The van der Waals surface area contributed by atoms with Gasteiger partial charge >= 0.3 is 0 Å². The van der Waals surface area contributed by atoms with Crippen molar-refractivity contribution in [2.45, 2.75) is 0 Å². The van der Waals surface area contributed by atoms with E-state index in [2.05, 4.69) is 5.10 Å². The molecule has 0 amide bonds. The number of non-ortho nitro benzene ring substituents is 1. The molecule has 2 rings (SSSR count). The Bertz CT molecular complexity index is 683. The van der Waals surface area contributed by atoms with Gasteiger partial charge in [-0.15, -0.1) is 0 Å².